The zero-order valence-electron chi connectivity index (χ0n) is 8.14. The van der Waals surface area contributed by atoms with Gasteiger partial charge in [0.2, 0.25) is 5.91 Å². The standard InChI is InChI=1S/C10H17NO2/c1-13-8-3-2-4-10(5-8)6-9(12)11-7-10/h8H,2-7H2,1H3,(H,11,12). The lowest BCUT2D eigenvalue weighted by Gasteiger charge is -2.35. The van der Waals surface area contributed by atoms with Gasteiger partial charge in [0.05, 0.1) is 6.10 Å². The molecule has 2 unspecified atom stereocenters. The van der Waals surface area contributed by atoms with Gasteiger partial charge in [0, 0.05) is 20.1 Å². The summed E-state index contributed by atoms with van der Waals surface area (Å²) in [5, 5.41) is 2.93. The zero-order chi connectivity index (χ0) is 9.31. The lowest BCUT2D eigenvalue weighted by atomic mass is 9.72. The van der Waals surface area contributed by atoms with Crippen molar-refractivity contribution >= 4 is 5.91 Å². The second-order valence-corrected chi connectivity index (χ2v) is 4.41. The maximum absolute atomic E-state index is 11.2. The van der Waals surface area contributed by atoms with Crippen molar-refractivity contribution in [2.75, 3.05) is 13.7 Å². The van der Waals surface area contributed by atoms with Crippen LogP contribution in [0.4, 0.5) is 0 Å². The maximum atomic E-state index is 11.2. The fraction of sp³-hybridized carbons (Fsp3) is 0.900. The van der Waals surface area contributed by atoms with E-state index in [9.17, 15) is 4.79 Å². The zero-order valence-corrected chi connectivity index (χ0v) is 8.14. The van der Waals surface area contributed by atoms with Gasteiger partial charge in [0.25, 0.3) is 0 Å². The smallest absolute Gasteiger partial charge is 0.220 e. The van der Waals surface area contributed by atoms with E-state index >= 15 is 0 Å². The summed E-state index contributed by atoms with van der Waals surface area (Å²) < 4.78 is 5.37. The quantitative estimate of drug-likeness (QED) is 0.660. The van der Waals surface area contributed by atoms with Gasteiger partial charge in [-0.25, -0.2) is 0 Å². The summed E-state index contributed by atoms with van der Waals surface area (Å²) in [6, 6.07) is 0. The fourth-order valence-corrected chi connectivity index (χ4v) is 2.67. The molecule has 0 aromatic carbocycles. The van der Waals surface area contributed by atoms with Crippen LogP contribution in [0.2, 0.25) is 0 Å². The molecule has 0 bridgehead atoms. The summed E-state index contributed by atoms with van der Waals surface area (Å²) in [6.07, 6.45) is 5.70. The van der Waals surface area contributed by atoms with E-state index in [0.29, 0.717) is 12.5 Å². The number of hydrogen-bond donors (Lipinski definition) is 1. The summed E-state index contributed by atoms with van der Waals surface area (Å²) in [5.74, 6) is 0.219. The van der Waals surface area contributed by atoms with Gasteiger partial charge in [-0.15, -0.1) is 0 Å². The van der Waals surface area contributed by atoms with E-state index < -0.39 is 0 Å². The molecule has 1 saturated heterocycles. The fourth-order valence-electron chi connectivity index (χ4n) is 2.67. The number of carbonyl (C=O) groups is 1. The van der Waals surface area contributed by atoms with Crippen LogP contribution in [0.3, 0.4) is 0 Å². The van der Waals surface area contributed by atoms with E-state index in [4.69, 9.17) is 4.74 Å². The molecule has 13 heavy (non-hydrogen) atoms. The van der Waals surface area contributed by atoms with E-state index in [1.54, 1.807) is 7.11 Å². The average Bonchev–Trinajstić information content (AvgIpc) is 2.47. The van der Waals surface area contributed by atoms with Crippen LogP contribution in [0.15, 0.2) is 0 Å². The van der Waals surface area contributed by atoms with E-state index in [1.165, 1.54) is 12.8 Å². The van der Waals surface area contributed by atoms with Gasteiger partial charge < -0.3 is 10.1 Å². The summed E-state index contributed by atoms with van der Waals surface area (Å²) in [5.41, 5.74) is 0.232. The molecule has 0 aromatic rings. The highest BCUT2D eigenvalue weighted by atomic mass is 16.5. The summed E-state index contributed by atoms with van der Waals surface area (Å²) in [4.78, 5) is 11.2. The topological polar surface area (TPSA) is 38.3 Å². The Morgan fingerprint density at radius 1 is 1.62 bits per heavy atom. The van der Waals surface area contributed by atoms with E-state index in [0.717, 1.165) is 19.4 Å². The number of rotatable bonds is 1. The van der Waals surface area contributed by atoms with E-state index in [1.807, 2.05) is 0 Å². The Labute approximate surface area is 78.8 Å². The Bertz CT molecular complexity index is 217. The van der Waals surface area contributed by atoms with Crippen LogP contribution < -0.4 is 5.32 Å². The second-order valence-electron chi connectivity index (χ2n) is 4.41. The van der Waals surface area contributed by atoms with Crippen LogP contribution in [0.25, 0.3) is 0 Å². The molecule has 1 amide bonds. The molecular formula is C10H17NO2. The first-order valence-corrected chi connectivity index (χ1v) is 5.04. The Kier molecular flexibility index (Phi) is 2.28. The van der Waals surface area contributed by atoms with Crippen molar-refractivity contribution < 1.29 is 9.53 Å². The average molecular weight is 183 g/mol. The molecule has 1 saturated carbocycles. The van der Waals surface area contributed by atoms with Crippen LogP contribution in [0.5, 0.6) is 0 Å². The van der Waals surface area contributed by atoms with Crippen LogP contribution in [0.1, 0.15) is 32.1 Å². The molecule has 2 rings (SSSR count). The number of amides is 1. The first kappa shape index (κ1) is 9.00. The van der Waals surface area contributed by atoms with Gasteiger partial charge in [-0.05, 0) is 24.7 Å². The molecule has 1 aliphatic carbocycles. The number of hydrogen-bond acceptors (Lipinski definition) is 2. The van der Waals surface area contributed by atoms with Gasteiger partial charge in [-0.1, -0.05) is 6.42 Å². The molecule has 1 heterocycles. The first-order chi connectivity index (χ1) is 6.24. The minimum atomic E-state index is 0.219. The highest BCUT2D eigenvalue weighted by molar-refractivity contribution is 5.79. The van der Waals surface area contributed by atoms with Gasteiger partial charge in [-0.3, -0.25) is 4.79 Å². The number of ether oxygens (including phenoxy) is 1. The molecule has 2 aliphatic rings. The maximum Gasteiger partial charge on any atom is 0.220 e. The van der Waals surface area contributed by atoms with E-state index in [-0.39, 0.29) is 11.3 Å². The lowest BCUT2D eigenvalue weighted by Crippen LogP contribution is -2.34. The molecule has 0 aromatic heterocycles. The largest absolute Gasteiger partial charge is 0.381 e. The van der Waals surface area contributed by atoms with Crippen molar-refractivity contribution in [2.24, 2.45) is 5.41 Å². The molecule has 1 aliphatic heterocycles. The first-order valence-electron chi connectivity index (χ1n) is 5.04. The molecule has 2 atom stereocenters. The Hall–Kier alpha value is -0.570. The summed E-state index contributed by atoms with van der Waals surface area (Å²) >= 11 is 0. The molecule has 2 fully saturated rings. The van der Waals surface area contributed by atoms with Crippen molar-refractivity contribution in [1.82, 2.24) is 5.32 Å². The molecular weight excluding hydrogens is 166 g/mol. The van der Waals surface area contributed by atoms with Crippen molar-refractivity contribution in [3.63, 3.8) is 0 Å². The normalized spacial score (nSPS) is 39.5. The number of nitrogens with one attached hydrogen (secondary N) is 1. The summed E-state index contributed by atoms with van der Waals surface area (Å²) in [6.45, 7) is 0.867. The Balaban J connectivity index is 2.02. The van der Waals surface area contributed by atoms with Crippen LogP contribution in [-0.2, 0) is 9.53 Å². The lowest BCUT2D eigenvalue weighted by molar-refractivity contribution is -0.120. The van der Waals surface area contributed by atoms with Gasteiger partial charge >= 0.3 is 0 Å². The third-order valence-electron chi connectivity index (χ3n) is 3.42. The molecule has 3 heteroatoms. The summed E-state index contributed by atoms with van der Waals surface area (Å²) in [7, 11) is 1.77. The highest BCUT2D eigenvalue weighted by Gasteiger charge is 2.42. The predicted octanol–water partition coefficient (Wildman–Crippen LogP) is 1.08. The van der Waals surface area contributed by atoms with E-state index in [2.05, 4.69) is 5.32 Å². The molecule has 74 valence electrons. The minimum Gasteiger partial charge on any atom is -0.381 e. The van der Waals surface area contributed by atoms with Crippen molar-refractivity contribution in [3.05, 3.63) is 0 Å². The van der Waals surface area contributed by atoms with Crippen molar-refractivity contribution in [1.29, 1.82) is 0 Å². The van der Waals surface area contributed by atoms with Crippen LogP contribution in [-0.4, -0.2) is 25.7 Å². The Morgan fingerprint density at radius 2 is 2.46 bits per heavy atom. The number of carbonyl (C=O) groups excluding carboxylic acids is 1. The minimum absolute atomic E-state index is 0.219. The van der Waals surface area contributed by atoms with Crippen molar-refractivity contribution in [2.45, 2.75) is 38.2 Å². The van der Waals surface area contributed by atoms with Crippen molar-refractivity contribution in [3.8, 4) is 0 Å². The molecule has 3 nitrogen and oxygen atoms in total. The van der Waals surface area contributed by atoms with Gasteiger partial charge in [-0.2, -0.15) is 0 Å². The molecule has 1 spiro atoms. The van der Waals surface area contributed by atoms with Gasteiger partial charge in [0.1, 0.15) is 0 Å². The third-order valence-corrected chi connectivity index (χ3v) is 3.42. The second kappa shape index (κ2) is 3.29. The third kappa shape index (κ3) is 1.70. The van der Waals surface area contributed by atoms with Crippen LogP contribution >= 0.6 is 0 Å². The number of methoxy groups -OCH3 is 1. The highest BCUT2D eigenvalue weighted by Crippen LogP contribution is 2.42. The van der Waals surface area contributed by atoms with Crippen LogP contribution in [0, 0.1) is 5.41 Å². The molecule has 0 radical (unpaired) electrons. The molecule has 1 N–H and O–H groups in total. The Morgan fingerprint density at radius 3 is 3.08 bits per heavy atom. The monoisotopic (exact) mass is 183 g/mol. The van der Waals surface area contributed by atoms with Gasteiger partial charge in [0.15, 0.2) is 0 Å². The predicted molar refractivity (Wildman–Crippen MR) is 49.3 cm³/mol. The SMILES string of the molecule is COC1CCCC2(CNC(=O)C2)C1.